The second-order valence-corrected chi connectivity index (χ2v) is 4.80. The van der Waals surface area contributed by atoms with E-state index in [2.05, 4.69) is 24.1 Å². The van der Waals surface area contributed by atoms with E-state index in [4.69, 9.17) is 5.11 Å². The van der Waals surface area contributed by atoms with Gasteiger partial charge in [0.05, 0.1) is 0 Å². The van der Waals surface area contributed by atoms with Gasteiger partial charge in [-0.3, -0.25) is 4.79 Å². The number of nitrogens with one attached hydrogen (secondary N) is 2. The summed E-state index contributed by atoms with van der Waals surface area (Å²) < 4.78 is 0. The predicted octanol–water partition coefficient (Wildman–Crippen LogP) is 1.79. The fraction of sp³-hybridized carbons (Fsp3) is 0.615. The van der Waals surface area contributed by atoms with Crippen molar-refractivity contribution in [1.82, 2.24) is 10.3 Å². The van der Waals surface area contributed by atoms with Gasteiger partial charge >= 0.3 is 0 Å². The van der Waals surface area contributed by atoms with E-state index in [1.807, 2.05) is 0 Å². The zero-order chi connectivity index (χ0) is 12.7. The first kappa shape index (κ1) is 13.8. The minimum atomic E-state index is -0.0818. The number of aliphatic hydroxyl groups is 1. The van der Waals surface area contributed by atoms with Gasteiger partial charge in [-0.15, -0.1) is 0 Å². The van der Waals surface area contributed by atoms with Crippen molar-refractivity contribution in [3.8, 4) is 0 Å². The minimum absolute atomic E-state index is 0.0818. The van der Waals surface area contributed by atoms with Crippen LogP contribution < -0.4 is 5.32 Å². The van der Waals surface area contributed by atoms with Crippen LogP contribution in [0.5, 0.6) is 0 Å². The SMILES string of the molecule is CC(C)C[C@@H](CCO)CNC(=O)c1ccc[nH]1. The molecule has 1 aromatic heterocycles. The highest BCUT2D eigenvalue weighted by Crippen LogP contribution is 2.14. The Morgan fingerprint density at radius 1 is 1.53 bits per heavy atom. The molecule has 0 fully saturated rings. The molecule has 1 amide bonds. The standard InChI is InChI=1S/C13H22N2O2/c1-10(2)8-11(5-7-16)9-15-13(17)12-4-3-6-14-12/h3-4,6,10-11,14,16H,5,7-9H2,1-2H3,(H,15,17)/t11-/m1/s1. The maximum Gasteiger partial charge on any atom is 0.267 e. The molecule has 17 heavy (non-hydrogen) atoms. The molecular weight excluding hydrogens is 216 g/mol. The number of H-pyrrole nitrogens is 1. The summed E-state index contributed by atoms with van der Waals surface area (Å²) in [6.45, 7) is 5.10. The Kier molecular flexibility index (Phi) is 5.77. The molecular formula is C13H22N2O2. The predicted molar refractivity (Wildman–Crippen MR) is 67.8 cm³/mol. The Bertz CT molecular complexity index is 320. The van der Waals surface area contributed by atoms with Crippen LogP contribution >= 0.6 is 0 Å². The Morgan fingerprint density at radius 3 is 2.82 bits per heavy atom. The highest BCUT2D eigenvalue weighted by atomic mass is 16.3. The number of aromatic amines is 1. The third-order valence-corrected chi connectivity index (χ3v) is 2.74. The van der Waals surface area contributed by atoms with Crippen molar-refractivity contribution in [1.29, 1.82) is 0 Å². The molecule has 0 saturated heterocycles. The van der Waals surface area contributed by atoms with Crippen LogP contribution in [-0.4, -0.2) is 29.1 Å². The fourth-order valence-corrected chi connectivity index (χ4v) is 1.96. The fourth-order valence-electron chi connectivity index (χ4n) is 1.96. The van der Waals surface area contributed by atoms with Gasteiger partial charge < -0.3 is 15.4 Å². The molecule has 0 unspecified atom stereocenters. The number of hydrogen-bond donors (Lipinski definition) is 3. The maximum absolute atomic E-state index is 11.7. The number of hydrogen-bond acceptors (Lipinski definition) is 2. The molecule has 0 bridgehead atoms. The Labute approximate surface area is 102 Å². The number of aliphatic hydroxyl groups excluding tert-OH is 1. The molecule has 0 spiro atoms. The molecule has 1 aromatic rings. The smallest absolute Gasteiger partial charge is 0.267 e. The molecule has 4 nitrogen and oxygen atoms in total. The summed E-state index contributed by atoms with van der Waals surface area (Å²) in [5.74, 6) is 0.842. The van der Waals surface area contributed by atoms with Crippen molar-refractivity contribution in [2.24, 2.45) is 11.8 Å². The molecule has 96 valence electrons. The first-order chi connectivity index (χ1) is 8.13. The average molecular weight is 238 g/mol. The summed E-state index contributed by atoms with van der Waals surface area (Å²) in [7, 11) is 0. The summed E-state index contributed by atoms with van der Waals surface area (Å²) in [5.41, 5.74) is 0.581. The van der Waals surface area contributed by atoms with Crippen LogP contribution in [0.3, 0.4) is 0 Å². The van der Waals surface area contributed by atoms with Crippen LogP contribution in [0.2, 0.25) is 0 Å². The van der Waals surface area contributed by atoms with Gasteiger partial charge in [0.25, 0.3) is 5.91 Å². The van der Waals surface area contributed by atoms with Gasteiger partial charge in [0.1, 0.15) is 5.69 Å². The van der Waals surface area contributed by atoms with Gasteiger partial charge in [-0.1, -0.05) is 13.8 Å². The van der Waals surface area contributed by atoms with Gasteiger partial charge in [0.2, 0.25) is 0 Å². The van der Waals surface area contributed by atoms with Gasteiger partial charge in [-0.2, -0.15) is 0 Å². The van der Waals surface area contributed by atoms with Crippen molar-refractivity contribution in [2.75, 3.05) is 13.2 Å². The number of carbonyl (C=O) groups excluding carboxylic acids is 1. The van der Waals surface area contributed by atoms with Gasteiger partial charge in [-0.25, -0.2) is 0 Å². The lowest BCUT2D eigenvalue weighted by Gasteiger charge is -2.18. The molecule has 0 aliphatic heterocycles. The molecule has 0 aromatic carbocycles. The molecule has 0 aliphatic carbocycles. The van der Waals surface area contributed by atoms with E-state index in [1.165, 1.54) is 0 Å². The summed E-state index contributed by atoms with van der Waals surface area (Å²) in [4.78, 5) is 14.6. The maximum atomic E-state index is 11.7. The third-order valence-electron chi connectivity index (χ3n) is 2.74. The van der Waals surface area contributed by atoms with Crippen molar-refractivity contribution < 1.29 is 9.90 Å². The highest BCUT2D eigenvalue weighted by molar-refractivity contribution is 5.92. The number of aromatic nitrogens is 1. The van der Waals surface area contributed by atoms with Crippen LogP contribution in [0.4, 0.5) is 0 Å². The lowest BCUT2D eigenvalue weighted by atomic mass is 9.94. The first-order valence-corrected chi connectivity index (χ1v) is 6.16. The monoisotopic (exact) mass is 238 g/mol. The number of carbonyl (C=O) groups is 1. The van der Waals surface area contributed by atoms with Gasteiger partial charge in [-0.05, 0) is 36.8 Å². The van der Waals surface area contributed by atoms with Gasteiger partial charge in [0, 0.05) is 19.3 Å². The first-order valence-electron chi connectivity index (χ1n) is 6.16. The van der Waals surface area contributed by atoms with Crippen LogP contribution in [-0.2, 0) is 0 Å². The summed E-state index contributed by atoms with van der Waals surface area (Å²) >= 11 is 0. The van der Waals surface area contributed by atoms with Crippen molar-refractivity contribution in [3.05, 3.63) is 24.0 Å². The quantitative estimate of drug-likeness (QED) is 0.678. The molecule has 1 rings (SSSR count). The molecule has 4 heteroatoms. The van der Waals surface area contributed by atoms with Crippen molar-refractivity contribution in [3.63, 3.8) is 0 Å². The van der Waals surface area contributed by atoms with E-state index in [0.29, 0.717) is 24.1 Å². The van der Waals surface area contributed by atoms with E-state index in [9.17, 15) is 4.79 Å². The highest BCUT2D eigenvalue weighted by Gasteiger charge is 2.13. The summed E-state index contributed by atoms with van der Waals surface area (Å²) in [6, 6.07) is 3.55. The lowest BCUT2D eigenvalue weighted by Crippen LogP contribution is -2.30. The number of amides is 1. The molecule has 0 saturated carbocycles. The zero-order valence-corrected chi connectivity index (χ0v) is 10.6. The Morgan fingerprint density at radius 2 is 2.29 bits per heavy atom. The lowest BCUT2D eigenvalue weighted by molar-refractivity contribution is 0.0937. The molecule has 0 radical (unpaired) electrons. The summed E-state index contributed by atoms with van der Waals surface area (Å²) in [6.07, 6.45) is 3.49. The van der Waals surface area contributed by atoms with Crippen LogP contribution in [0.1, 0.15) is 37.2 Å². The molecule has 1 atom stereocenters. The molecule has 0 aliphatic rings. The second kappa shape index (κ2) is 7.12. The average Bonchev–Trinajstić information content (AvgIpc) is 2.78. The van der Waals surface area contributed by atoms with E-state index in [0.717, 1.165) is 12.8 Å². The van der Waals surface area contributed by atoms with Crippen LogP contribution in [0.25, 0.3) is 0 Å². The van der Waals surface area contributed by atoms with Gasteiger partial charge in [0.15, 0.2) is 0 Å². The van der Waals surface area contributed by atoms with Crippen LogP contribution in [0, 0.1) is 11.8 Å². The van der Waals surface area contributed by atoms with Crippen molar-refractivity contribution >= 4 is 5.91 Å². The third kappa shape index (κ3) is 5.04. The summed E-state index contributed by atoms with van der Waals surface area (Å²) in [5, 5.41) is 11.9. The van der Waals surface area contributed by atoms with E-state index >= 15 is 0 Å². The number of rotatable bonds is 7. The molecule has 3 N–H and O–H groups in total. The van der Waals surface area contributed by atoms with Crippen molar-refractivity contribution in [2.45, 2.75) is 26.7 Å². The van der Waals surface area contributed by atoms with E-state index < -0.39 is 0 Å². The normalized spacial score (nSPS) is 12.7. The zero-order valence-electron chi connectivity index (χ0n) is 10.6. The largest absolute Gasteiger partial charge is 0.396 e. The van der Waals surface area contributed by atoms with Crippen LogP contribution in [0.15, 0.2) is 18.3 Å². The molecule has 1 heterocycles. The minimum Gasteiger partial charge on any atom is -0.396 e. The topological polar surface area (TPSA) is 65.1 Å². The Hall–Kier alpha value is -1.29. The second-order valence-electron chi connectivity index (χ2n) is 4.80. The van der Waals surface area contributed by atoms with E-state index in [1.54, 1.807) is 18.3 Å². The Balaban J connectivity index is 2.38. The van der Waals surface area contributed by atoms with E-state index in [-0.39, 0.29) is 12.5 Å².